The number of anilines is 1. The van der Waals surface area contributed by atoms with Gasteiger partial charge < -0.3 is 5.32 Å². The van der Waals surface area contributed by atoms with Crippen molar-refractivity contribution in [3.63, 3.8) is 0 Å². The Morgan fingerprint density at radius 1 is 1.31 bits per heavy atom. The smallest absolute Gasteiger partial charge is 0.224 e. The van der Waals surface area contributed by atoms with E-state index in [1.54, 1.807) is 0 Å². The van der Waals surface area contributed by atoms with Gasteiger partial charge in [0, 0.05) is 11.4 Å². The van der Waals surface area contributed by atoms with Gasteiger partial charge in [0.1, 0.15) is 5.15 Å². The Balaban J connectivity index is 2.41. The van der Waals surface area contributed by atoms with Crippen molar-refractivity contribution in [1.29, 1.82) is 0 Å². The third-order valence-electron chi connectivity index (χ3n) is 2.54. The van der Waals surface area contributed by atoms with Gasteiger partial charge in [0.2, 0.25) is 5.95 Å². The molecule has 0 saturated carbocycles. The predicted octanol–water partition coefficient (Wildman–Crippen LogP) is 3.49. The maximum Gasteiger partial charge on any atom is 0.224 e. The maximum atomic E-state index is 6.10. The molecule has 3 nitrogen and oxygen atoms in total. The summed E-state index contributed by atoms with van der Waals surface area (Å²) >= 11 is 6.10. The van der Waals surface area contributed by atoms with Crippen LogP contribution in [0.1, 0.15) is 20.3 Å². The number of rotatable bonds is 3. The lowest BCUT2D eigenvalue weighted by atomic mass is 10.2. The van der Waals surface area contributed by atoms with Gasteiger partial charge >= 0.3 is 0 Å². The molecule has 16 heavy (non-hydrogen) atoms. The van der Waals surface area contributed by atoms with Crippen LogP contribution in [0, 0.1) is 0 Å². The number of para-hydroxylation sites is 1. The first-order valence-electron chi connectivity index (χ1n) is 5.39. The number of nitrogens with one attached hydrogen (secondary N) is 1. The Morgan fingerprint density at radius 2 is 2.06 bits per heavy atom. The van der Waals surface area contributed by atoms with E-state index in [4.69, 9.17) is 11.6 Å². The third-order valence-corrected chi connectivity index (χ3v) is 2.83. The zero-order valence-corrected chi connectivity index (χ0v) is 10.1. The Bertz CT molecular complexity index is 499. The van der Waals surface area contributed by atoms with Crippen molar-refractivity contribution in [2.75, 3.05) is 5.32 Å². The van der Waals surface area contributed by atoms with Gasteiger partial charge in [-0.3, -0.25) is 0 Å². The first-order valence-corrected chi connectivity index (χ1v) is 5.77. The van der Waals surface area contributed by atoms with Crippen molar-refractivity contribution in [3.05, 3.63) is 29.4 Å². The van der Waals surface area contributed by atoms with E-state index in [0.29, 0.717) is 17.1 Å². The fraction of sp³-hybridized carbons (Fsp3) is 0.333. The van der Waals surface area contributed by atoms with Crippen LogP contribution in [0.4, 0.5) is 5.95 Å². The SMILES string of the molecule is CC[C@H](C)Nc1nc(Cl)c2ccccc2n1. The zero-order valence-electron chi connectivity index (χ0n) is 9.37. The minimum Gasteiger partial charge on any atom is -0.352 e. The first kappa shape index (κ1) is 11.1. The van der Waals surface area contributed by atoms with Gasteiger partial charge in [-0.05, 0) is 25.5 Å². The topological polar surface area (TPSA) is 37.8 Å². The van der Waals surface area contributed by atoms with Gasteiger partial charge in [0.15, 0.2) is 0 Å². The van der Waals surface area contributed by atoms with Crippen LogP contribution in [0.3, 0.4) is 0 Å². The molecule has 2 rings (SSSR count). The predicted molar refractivity (Wildman–Crippen MR) is 67.9 cm³/mol. The highest BCUT2D eigenvalue weighted by Crippen LogP contribution is 2.21. The van der Waals surface area contributed by atoms with Crippen molar-refractivity contribution < 1.29 is 0 Å². The van der Waals surface area contributed by atoms with Gasteiger partial charge in [0.25, 0.3) is 0 Å². The molecule has 1 aromatic carbocycles. The molecule has 1 aromatic heterocycles. The van der Waals surface area contributed by atoms with Crippen molar-refractivity contribution in [1.82, 2.24) is 9.97 Å². The number of halogens is 1. The number of hydrogen-bond donors (Lipinski definition) is 1. The summed E-state index contributed by atoms with van der Waals surface area (Å²) in [5.74, 6) is 0.595. The summed E-state index contributed by atoms with van der Waals surface area (Å²) in [6, 6.07) is 8.07. The standard InChI is InChI=1S/C12H14ClN3/c1-3-8(2)14-12-15-10-7-5-4-6-9(10)11(13)16-12/h4-8H,3H2,1-2H3,(H,14,15,16)/t8-/m0/s1. The molecule has 0 unspecified atom stereocenters. The molecule has 0 spiro atoms. The highest BCUT2D eigenvalue weighted by atomic mass is 35.5. The second-order valence-electron chi connectivity index (χ2n) is 3.81. The van der Waals surface area contributed by atoms with E-state index >= 15 is 0 Å². The molecule has 1 atom stereocenters. The number of benzene rings is 1. The van der Waals surface area contributed by atoms with Crippen LogP contribution in [0.2, 0.25) is 5.15 Å². The van der Waals surface area contributed by atoms with E-state index in [1.165, 1.54) is 0 Å². The third kappa shape index (κ3) is 2.25. The molecule has 2 aromatic rings. The molecular weight excluding hydrogens is 222 g/mol. The van der Waals surface area contributed by atoms with E-state index in [1.807, 2.05) is 24.3 Å². The van der Waals surface area contributed by atoms with E-state index in [2.05, 4.69) is 29.1 Å². The second kappa shape index (κ2) is 4.66. The van der Waals surface area contributed by atoms with E-state index in [0.717, 1.165) is 17.3 Å². The normalized spacial score (nSPS) is 12.7. The number of aromatic nitrogens is 2. The molecule has 0 saturated heterocycles. The average Bonchev–Trinajstić information content (AvgIpc) is 2.29. The van der Waals surface area contributed by atoms with Gasteiger partial charge in [-0.1, -0.05) is 30.7 Å². The van der Waals surface area contributed by atoms with Crippen LogP contribution in [-0.4, -0.2) is 16.0 Å². The van der Waals surface area contributed by atoms with Gasteiger partial charge in [0.05, 0.1) is 5.52 Å². The largest absolute Gasteiger partial charge is 0.352 e. The number of hydrogen-bond acceptors (Lipinski definition) is 3. The lowest BCUT2D eigenvalue weighted by molar-refractivity contribution is 0.754. The Hall–Kier alpha value is -1.35. The quantitative estimate of drug-likeness (QED) is 0.828. The molecule has 0 aliphatic heterocycles. The monoisotopic (exact) mass is 235 g/mol. The zero-order chi connectivity index (χ0) is 11.5. The van der Waals surface area contributed by atoms with Crippen LogP contribution >= 0.6 is 11.6 Å². The lowest BCUT2D eigenvalue weighted by Gasteiger charge is -2.11. The fourth-order valence-electron chi connectivity index (χ4n) is 1.42. The molecule has 0 aliphatic rings. The molecule has 0 aliphatic carbocycles. The van der Waals surface area contributed by atoms with Crippen molar-refractivity contribution >= 4 is 28.5 Å². The van der Waals surface area contributed by atoms with E-state index < -0.39 is 0 Å². The summed E-state index contributed by atoms with van der Waals surface area (Å²) in [4.78, 5) is 8.65. The number of nitrogens with zero attached hydrogens (tertiary/aromatic N) is 2. The molecule has 0 fully saturated rings. The summed E-state index contributed by atoms with van der Waals surface area (Å²) in [6.07, 6.45) is 1.02. The van der Waals surface area contributed by atoms with Crippen LogP contribution in [0.25, 0.3) is 10.9 Å². The van der Waals surface area contributed by atoms with E-state index in [-0.39, 0.29) is 0 Å². The Morgan fingerprint density at radius 3 is 2.81 bits per heavy atom. The summed E-state index contributed by atoms with van der Waals surface area (Å²) < 4.78 is 0. The first-order chi connectivity index (χ1) is 7.70. The molecule has 0 bridgehead atoms. The minimum absolute atomic E-state index is 0.345. The average molecular weight is 236 g/mol. The molecule has 1 N–H and O–H groups in total. The van der Waals surface area contributed by atoms with Crippen LogP contribution < -0.4 is 5.32 Å². The minimum atomic E-state index is 0.345. The number of fused-ring (bicyclic) bond motifs is 1. The van der Waals surface area contributed by atoms with Crippen molar-refractivity contribution in [2.24, 2.45) is 0 Å². The molecular formula is C12H14ClN3. The molecule has 4 heteroatoms. The Labute approximate surface area is 99.9 Å². The molecule has 1 heterocycles. The van der Waals surface area contributed by atoms with Gasteiger partial charge in [-0.2, -0.15) is 0 Å². The summed E-state index contributed by atoms with van der Waals surface area (Å²) in [7, 11) is 0. The second-order valence-corrected chi connectivity index (χ2v) is 4.17. The highest BCUT2D eigenvalue weighted by Gasteiger charge is 2.06. The van der Waals surface area contributed by atoms with Crippen molar-refractivity contribution in [3.8, 4) is 0 Å². The van der Waals surface area contributed by atoms with E-state index in [9.17, 15) is 0 Å². The maximum absolute atomic E-state index is 6.10. The molecule has 0 amide bonds. The van der Waals surface area contributed by atoms with Crippen LogP contribution in [-0.2, 0) is 0 Å². The molecule has 84 valence electrons. The van der Waals surface area contributed by atoms with Crippen LogP contribution in [0.15, 0.2) is 24.3 Å². The van der Waals surface area contributed by atoms with Crippen molar-refractivity contribution in [2.45, 2.75) is 26.3 Å². The summed E-state index contributed by atoms with van der Waals surface area (Å²) in [5, 5.41) is 4.60. The lowest BCUT2D eigenvalue weighted by Crippen LogP contribution is -2.15. The summed E-state index contributed by atoms with van der Waals surface area (Å²) in [6.45, 7) is 4.20. The fourth-order valence-corrected chi connectivity index (χ4v) is 1.66. The van der Waals surface area contributed by atoms with Crippen LogP contribution in [0.5, 0.6) is 0 Å². The summed E-state index contributed by atoms with van der Waals surface area (Å²) in [5.41, 5.74) is 0.869. The Kier molecular flexibility index (Phi) is 3.25. The highest BCUT2D eigenvalue weighted by molar-refractivity contribution is 6.34. The van der Waals surface area contributed by atoms with Gasteiger partial charge in [-0.15, -0.1) is 0 Å². The molecule has 0 radical (unpaired) electrons. The van der Waals surface area contributed by atoms with Gasteiger partial charge in [-0.25, -0.2) is 9.97 Å².